The van der Waals surface area contributed by atoms with E-state index in [1.165, 1.54) is 30.4 Å². The van der Waals surface area contributed by atoms with Crippen molar-refractivity contribution in [1.29, 1.82) is 0 Å². The number of benzene rings is 1. The van der Waals surface area contributed by atoms with Gasteiger partial charge in [-0.1, -0.05) is 25.1 Å². The molecule has 0 saturated carbocycles. The van der Waals surface area contributed by atoms with Gasteiger partial charge in [0, 0.05) is 6.54 Å². The molecule has 2 nitrogen and oxygen atoms in total. The Morgan fingerprint density at radius 1 is 1.25 bits per heavy atom. The van der Waals surface area contributed by atoms with Gasteiger partial charge in [-0.15, -0.1) is 0 Å². The lowest BCUT2D eigenvalue weighted by atomic mass is 9.85. The summed E-state index contributed by atoms with van der Waals surface area (Å²) >= 11 is 0. The molecular formula is C14H21NO. The van der Waals surface area contributed by atoms with Crippen molar-refractivity contribution in [3.63, 3.8) is 0 Å². The third-order valence-corrected chi connectivity index (χ3v) is 3.81. The summed E-state index contributed by atoms with van der Waals surface area (Å²) in [6.07, 6.45) is 5.56. The number of aliphatic hydroxyl groups is 1. The number of hydrogen-bond donors (Lipinski definition) is 2. The number of nitrogens with two attached hydrogens (primary N) is 1. The molecule has 1 aliphatic carbocycles. The molecule has 1 aromatic carbocycles. The fourth-order valence-corrected chi connectivity index (χ4v) is 2.49. The van der Waals surface area contributed by atoms with Crippen LogP contribution in [-0.2, 0) is 18.4 Å². The highest BCUT2D eigenvalue weighted by atomic mass is 16.3. The van der Waals surface area contributed by atoms with Gasteiger partial charge in [0.2, 0.25) is 0 Å². The van der Waals surface area contributed by atoms with Gasteiger partial charge in [0.1, 0.15) is 5.60 Å². The second-order valence-corrected chi connectivity index (χ2v) is 4.78. The van der Waals surface area contributed by atoms with E-state index < -0.39 is 5.60 Å². The highest BCUT2D eigenvalue weighted by Crippen LogP contribution is 2.29. The second-order valence-electron chi connectivity index (χ2n) is 4.78. The average molecular weight is 219 g/mol. The zero-order valence-corrected chi connectivity index (χ0v) is 10.00. The normalized spacial score (nSPS) is 18.9. The van der Waals surface area contributed by atoms with Crippen molar-refractivity contribution in [2.24, 2.45) is 5.73 Å². The van der Waals surface area contributed by atoms with E-state index >= 15 is 0 Å². The Hall–Kier alpha value is -0.860. The molecule has 1 aliphatic rings. The van der Waals surface area contributed by atoms with Gasteiger partial charge in [-0.3, -0.25) is 0 Å². The van der Waals surface area contributed by atoms with Gasteiger partial charge in [-0.2, -0.15) is 0 Å². The maximum atomic E-state index is 10.4. The molecule has 0 fully saturated rings. The molecule has 2 heteroatoms. The molecule has 0 amide bonds. The summed E-state index contributed by atoms with van der Waals surface area (Å²) < 4.78 is 0. The van der Waals surface area contributed by atoms with Crippen LogP contribution in [0.25, 0.3) is 0 Å². The minimum Gasteiger partial charge on any atom is -0.384 e. The summed E-state index contributed by atoms with van der Waals surface area (Å²) in [5.74, 6) is 0. The first-order chi connectivity index (χ1) is 7.69. The lowest BCUT2D eigenvalue weighted by molar-refractivity contribution is 0.0417. The van der Waals surface area contributed by atoms with Crippen molar-refractivity contribution in [2.75, 3.05) is 6.54 Å². The third-order valence-electron chi connectivity index (χ3n) is 3.81. The summed E-state index contributed by atoms with van der Waals surface area (Å²) in [5.41, 5.74) is 8.68. The minimum atomic E-state index is -0.841. The maximum absolute atomic E-state index is 10.4. The number of fused-ring (bicyclic) bond motifs is 1. The molecule has 0 heterocycles. The first-order valence-electron chi connectivity index (χ1n) is 6.24. The van der Waals surface area contributed by atoms with Crippen LogP contribution in [0.4, 0.5) is 0 Å². The first-order valence-corrected chi connectivity index (χ1v) is 6.24. The lowest BCUT2D eigenvalue weighted by Crippen LogP contribution is -2.34. The van der Waals surface area contributed by atoms with Crippen molar-refractivity contribution < 1.29 is 5.11 Å². The highest BCUT2D eigenvalue weighted by molar-refractivity contribution is 5.36. The molecule has 0 bridgehead atoms. The van der Waals surface area contributed by atoms with E-state index in [1.807, 2.05) is 13.0 Å². The van der Waals surface area contributed by atoms with Gasteiger partial charge in [0.25, 0.3) is 0 Å². The van der Waals surface area contributed by atoms with E-state index in [0.29, 0.717) is 13.0 Å². The number of aryl methyl sites for hydroxylation is 2. The quantitative estimate of drug-likeness (QED) is 0.818. The largest absolute Gasteiger partial charge is 0.384 e. The summed E-state index contributed by atoms with van der Waals surface area (Å²) in [6, 6.07) is 6.37. The van der Waals surface area contributed by atoms with Crippen LogP contribution in [0.3, 0.4) is 0 Å². The van der Waals surface area contributed by atoms with Crippen LogP contribution in [0.2, 0.25) is 0 Å². The molecule has 3 N–H and O–H groups in total. The Labute approximate surface area is 97.5 Å². The van der Waals surface area contributed by atoms with Crippen molar-refractivity contribution >= 4 is 0 Å². The monoisotopic (exact) mass is 219 g/mol. The maximum Gasteiger partial charge on any atom is 0.102 e. The summed E-state index contributed by atoms with van der Waals surface area (Å²) in [6.45, 7) is 2.27. The molecule has 1 unspecified atom stereocenters. The molecule has 1 aromatic rings. The molecule has 0 spiro atoms. The molecule has 0 radical (unpaired) electrons. The summed E-state index contributed by atoms with van der Waals surface area (Å²) in [7, 11) is 0. The minimum absolute atomic E-state index is 0.294. The molecule has 2 rings (SSSR count). The van der Waals surface area contributed by atoms with Crippen LogP contribution >= 0.6 is 0 Å². The van der Waals surface area contributed by atoms with Gasteiger partial charge < -0.3 is 10.8 Å². The van der Waals surface area contributed by atoms with Gasteiger partial charge in [0.05, 0.1) is 0 Å². The molecule has 0 saturated heterocycles. The predicted molar refractivity (Wildman–Crippen MR) is 66.3 cm³/mol. The van der Waals surface area contributed by atoms with Crippen LogP contribution in [-0.4, -0.2) is 11.7 Å². The number of hydrogen-bond acceptors (Lipinski definition) is 2. The van der Waals surface area contributed by atoms with Crippen molar-refractivity contribution in [2.45, 2.75) is 44.6 Å². The SMILES string of the molecule is CCC(O)(CN)c1ccc2c(c1)CCCC2. The predicted octanol–water partition coefficient (Wildman–Crippen LogP) is 2.12. The van der Waals surface area contributed by atoms with E-state index in [9.17, 15) is 5.11 Å². The summed E-state index contributed by atoms with van der Waals surface area (Å²) in [5, 5.41) is 10.4. The van der Waals surface area contributed by atoms with Crippen molar-refractivity contribution in [1.82, 2.24) is 0 Å². The van der Waals surface area contributed by atoms with E-state index in [0.717, 1.165) is 12.0 Å². The Kier molecular flexibility index (Phi) is 3.31. The zero-order chi connectivity index (χ0) is 11.6. The molecular weight excluding hydrogens is 198 g/mol. The Morgan fingerprint density at radius 2 is 1.94 bits per heavy atom. The van der Waals surface area contributed by atoms with Crippen LogP contribution in [0.1, 0.15) is 42.9 Å². The molecule has 88 valence electrons. The van der Waals surface area contributed by atoms with Gasteiger partial charge in [0.15, 0.2) is 0 Å². The molecule has 16 heavy (non-hydrogen) atoms. The van der Waals surface area contributed by atoms with E-state index in [-0.39, 0.29) is 0 Å². The van der Waals surface area contributed by atoms with E-state index in [4.69, 9.17) is 5.73 Å². The van der Waals surface area contributed by atoms with Crippen molar-refractivity contribution in [3.8, 4) is 0 Å². The standard InChI is InChI=1S/C14H21NO/c1-2-14(16,10-15)13-8-7-11-5-3-4-6-12(11)9-13/h7-9,16H,2-6,10,15H2,1H3. The van der Waals surface area contributed by atoms with Crippen LogP contribution < -0.4 is 5.73 Å². The number of rotatable bonds is 3. The fraction of sp³-hybridized carbons (Fsp3) is 0.571. The van der Waals surface area contributed by atoms with Gasteiger partial charge in [-0.05, 0) is 48.8 Å². The van der Waals surface area contributed by atoms with Crippen LogP contribution in [0.15, 0.2) is 18.2 Å². The smallest absolute Gasteiger partial charge is 0.102 e. The summed E-state index contributed by atoms with van der Waals surface area (Å²) in [4.78, 5) is 0. The van der Waals surface area contributed by atoms with Crippen LogP contribution in [0.5, 0.6) is 0 Å². The fourth-order valence-electron chi connectivity index (χ4n) is 2.49. The highest BCUT2D eigenvalue weighted by Gasteiger charge is 2.26. The molecule has 0 aliphatic heterocycles. The average Bonchev–Trinajstić information content (AvgIpc) is 2.37. The third kappa shape index (κ3) is 2.00. The van der Waals surface area contributed by atoms with Gasteiger partial charge >= 0.3 is 0 Å². The Balaban J connectivity index is 2.36. The van der Waals surface area contributed by atoms with E-state index in [1.54, 1.807) is 0 Å². The zero-order valence-electron chi connectivity index (χ0n) is 10.00. The van der Waals surface area contributed by atoms with Crippen LogP contribution in [0, 0.1) is 0 Å². The van der Waals surface area contributed by atoms with Crippen molar-refractivity contribution in [3.05, 3.63) is 34.9 Å². The topological polar surface area (TPSA) is 46.2 Å². The van der Waals surface area contributed by atoms with E-state index in [2.05, 4.69) is 12.1 Å². The lowest BCUT2D eigenvalue weighted by Gasteiger charge is -2.27. The Morgan fingerprint density at radius 3 is 2.56 bits per heavy atom. The van der Waals surface area contributed by atoms with Gasteiger partial charge in [-0.25, -0.2) is 0 Å². The Bertz CT molecular complexity index is 369. The second kappa shape index (κ2) is 4.56. The molecule has 0 aromatic heterocycles. The molecule has 1 atom stereocenters. The first kappa shape index (κ1) is 11.6.